The molecular formula is C38H77NO3. The van der Waals surface area contributed by atoms with Gasteiger partial charge in [-0.3, -0.25) is 9.69 Å². The predicted molar refractivity (Wildman–Crippen MR) is 184 cm³/mol. The molecule has 0 bridgehead atoms. The highest BCUT2D eigenvalue weighted by Gasteiger charge is 2.07. The Morgan fingerprint density at radius 2 is 0.786 bits per heavy atom. The maximum Gasteiger partial charge on any atom is 0.305 e. The van der Waals surface area contributed by atoms with Crippen molar-refractivity contribution in [1.29, 1.82) is 0 Å². The zero-order chi connectivity index (χ0) is 30.6. The zero-order valence-electron chi connectivity index (χ0n) is 29.0. The van der Waals surface area contributed by atoms with Crippen molar-refractivity contribution in [2.75, 3.05) is 32.8 Å². The minimum absolute atomic E-state index is 0.0507. The van der Waals surface area contributed by atoms with Crippen LogP contribution in [0.5, 0.6) is 0 Å². The topological polar surface area (TPSA) is 49.8 Å². The van der Waals surface area contributed by atoms with Crippen LogP contribution in [-0.4, -0.2) is 48.8 Å². The number of carbonyl (C=O) groups excluding carboxylic acids is 1. The van der Waals surface area contributed by atoms with Crippen LogP contribution in [-0.2, 0) is 9.53 Å². The van der Waals surface area contributed by atoms with E-state index in [1.165, 1.54) is 173 Å². The van der Waals surface area contributed by atoms with Crippen LogP contribution in [0.4, 0.5) is 0 Å². The number of esters is 1. The van der Waals surface area contributed by atoms with E-state index in [2.05, 4.69) is 18.7 Å². The largest absolute Gasteiger partial charge is 0.464 e. The van der Waals surface area contributed by atoms with Gasteiger partial charge in [0, 0.05) is 19.5 Å². The maximum absolute atomic E-state index is 12.1. The number of rotatable bonds is 36. The number of aliphatic hydroxyl groups excluding tert-OH is 1. The summed E-state index contributed by atoms with van der Waals surface area (Å²) < 4.78 is 5.50. The van der Waals surface area contributed by atoms with E-state index in [0.717, 1.165) is 25.9 Å². The lowest BCUT2D eigenvalue weighted by Crippen LogP contribution is -2.32. The maximum atomic E-state index is 12.1. The van der Waals surface area contributed by atoms with Gasteiger partial charge in [-0.2, -0.15) is 0 Å². The summed E-state index contributed by atoms with van der Waals surface area (Å²) in [5.41, 5.74) is 0. The summed E-state index contributed by atoms with van der Waals surface area (Å²) >= 11 is 0. The molecule has 0 saturated heterocycles. The van der Waals surface area contributed by atoms with Gasteiger partial charge in [-0.25, -0.2) is 0 Å². The second-order valence-corrected chi connectivity index (χ2v) is 13.1. The molecule has 0 fully saturated rings. The van der Waals surface area contributed by atoms with E-state index in [1.54, 1.807) is 0 Å². The number of hydrogen-bond donors (Lipinski definition) is 1. The van der Waals surface area contributed by atoms with E-state index in [4.69, 9.17) is 4.74 Å². The molecule has 0 aliphatic rings. The van der Waals surface area contributed by atoms with E-state index < -0.39 is 0 Å². The molecule has 0 spiro atoms. The van der Waals surface area contributed by atoms with E-state index in [0.29, 0.717) is 19.6 Å². The Labute approximate surface area is 264 Å². The predicted octanol–water partition coefficient (Wildman–Crippen LogP) is 11.6. The number of aliphatic hydroxyl groups is 1. The van der Waals surface area contributed by atoms with E-state index in [-0.39, 0.29) is 12.6 Å². The first-order valence-corrected chi connectivity index (χ1v) is 19.2. The molecule has 0 radical (unpaired) electrons. The number of unbranched alkanes of at least 4 members (excludes halogenated alkanes) is 27. The number of nitrogens with zero attached hydrogens (tertiary/aromatic N) is 1. The summed E-state index contributed by atoms with van der Waals surface area (Å²) in [4.78, 5) is 14.4. The molecular weight excluding hydrogens is 518 g/mol. The van der Waals surface area contributed by atoms with Crippen molar-refractivity contribution >= 4 is 5.97 Å². The highest BCUT2D eigenvalue weighted by atomic mass is 16.5. The van der Waals surface area contributed by atoms with Crippen molar-refractivity contribution in [3.8, 4) is 0 Å². The first-order valence-electron chi connectivity index (χ1n) is 19.2. The fourth-order valence-corrected chi connectivity index (χ4v) is 6.01. The highest BCUT2D eigenvalue weighted by Crippen LogP contribution is 2.15. The second kappa shape index (κ2) is 36.6. The Morgan fingerprint density at radius 1 is 0.452 bits per heavy atom. The van der Waals surface area contributed by atoms with Gasteiger partial charge < -0.3 is 9.84 Å². The third-order valence-electron chi connectivity index (χ3n) is 8.90. The molecule has 0 atom stereocenters. The van der Waals surface area contributed by atoms with Crippen LogP contribution in [0.25, 0.3) is 0 Å². The molecule has 252 valence electrons. The summed E-state index contributed by atoms with van der Waals surface area (Å²) in [5, 5.41) is 9.40. The van der Waals surface area contributed by atoms with Crippen LogP contribution >= 0.6 is 0 Å². The average Bonchev–Trinajstić information content (AvgIpc) is 2.99. The smallest absolute Gasteiger partial charge is 0.305 e. The Kier molecular flexibility index (Phi) is 36.0. The van der Waals surface area contributed by atoms with Gasteiger partial charge >= 0.3 is 5.97 Å². The minimum atomic E-state index is -0.0507. The van der Waals surface area contributed by atoms with E-state index >= 15 is 0 Å². The normalized spacial score (nSPS) is 11.5. The van der Waals surface area contributed by atoms with E-state index in [1.807, 2.05) is 0 Å². The van der Waals surface area contributed by atoms with Crippen LogP contribution in [0.2, 0.25) is 0 Å². The van der Waals surface area contributed by atoms with Gasteiger partial charge in [0.25, 0.3) is 0 Å². The third-order valence-corrected chi connectivity index (χ3v) is 8.90. The minimum Gasteiger partial charge on any atom is -0.464 e. The van der Waals surface area contributed by atoms with Crippen molar-refractivity contribution in [2.45, 2.75) is 206 Å². The van der Waals surface area contributed by atoms with Crippen molar-refractivity contribution < 1.29 is 14.6 Å². The molecule has 42 heavy (non-hydrogen) atoms. The summed E-state index contributed by atoms with van der Waals surface area (Å²) in [7, 11) is 0. The van der Waals surface area contributed by atoms with Gasteiger partial charge in [0.2, 0.25) is 0 Å². The molecule has 0 aromatic carbocycles. The summed E-state index contributed by atoms with van der Waals surface area (Å²) in [6.45, 7) is 7.60. The highest BCUT2D eigenvalue weighted by molar-refractivity contribution is 5.69. The van der Waals surface area contributed by atoms with Crippen molar-refractivity contribution in [3.05, 3.63) is 0 Å². The molecule has 1 N–H and O–H groups in total. The molecule has 0 heterocycles. The molecule has 0 aliphatic carbocycles. The fraction of sp³-hybridized carbons (Fsp3) is 0.974. The van der Waals surface area contributed by atoms with E-state index in [9.17, 15) is 9.90 Å². The average molecular weight is 596 g/mol. The summed E-state index contributed by atoms with van der Waals surface area (Å²) in [6, 6.07) is 0. The second-order valence-electron chi connectivity index (χ2n) is 13.1. The van der Waals surface area contributed by atoms with Crippen LogP contribution in [0.3, 0.4) is 0 Å². The lowest BCUT2D eigenvalue weighted by Gasteiger charge is -2.21. The molecule has 0 aromatic heterocycles. The van der Waals surface area contributed by atoms with Gasteiger partial charge in [-0.05, 0) is 19.4 Å². The molecule has 4 nitrogen and oxygen atoms in total. The molecule has 0 rings (SSSR count). The Morgan fingerprint density at radius 3 is 1.14 bits per heavy atom. The lowest BCUT2D eigenvalue weighted by molar-refractivity contribution is -0.144. The van der Waals surface area contributed by atoms with Gasteiger partial charge in [0.05, 0.1) is 6.61 Å². The Bertz CT molecular complexity index is 513. The zero-order valence-corrected chi connectivity index (χ0v) is 29.0. The lowest BCUT2D eigenvalue weighted by atomic mass is 10.0. The van der Waals surface area contributed by atoms with Crippen LogP contribution in [0, 0.1) is 0 Å². The fourth-order valence-electron chi connectivity index (χ4n) is 6.01. The molecule has 0 aliphatic heterocycles. The van der Waals surface area contributed by atoms with Crippen LogP contribution in [0.15, 0.2) is 0 Å². The number of hydrogen-bond acceptors (Lipinski definition) is 4. The van der Waals surface area contributed by atoms with Crippen LogP contribution in [0.1, 0.15) is 206 Å². The van der Waals surface area contributed by atoms with Crippen molar-refractivity contribution in [2.24, 2.45) is 0 Å². The van der Waals surface area contributed by atoms with Gasteiger partial charge in [-0.1, -0.05) is 187 Å². The third kappa shape index (κ3) is 33.9. The number of carbonyl (C=O) groups is 1. The molecule has 0 unspecified atom stereocenters. The Hall–Kier alpha value is -0.610. The monoisotopic (exact) mass is 596 g/mol. The standard InChI is InChI=1S/C38H77NO3/c1-3-5-7-9-11-13-15-17-18-19-20-21-22-24-26-28-30-32-38(41)42-37-35-39(34-36-40)33-31-29-27-25-23-16-14-12-10-8-6-4-2/h40H,3-37H2,1-2H3. The molecule has 0 amide bonds. The van der Waals surface area contributed by atoms with Crippen molar-refractivity contribution in [1.82, 2.24) is 4.90 Å². The number of ether oxygens (including phenoxy) is 1. The SMILES string of the molecule is CCCCCCCCCCCCCCCCCCCC(=O)OCCN(CCO)CCCCCCCCCCCCCC. The first kappa shape index (κ1) is 41.4. The summed E-state index contributed by atoms with van der Waals surface area (Å²) in [6.07, 6.45) is 39.8. The molecule has 0 saturated carbocycles. The van der Waals surface area contributed by atoms with Crippen LogP contribution < -0.4 is 0 Å². The summed E-state index contributed by atoms with van der Waals surface area (Å²) in [5.74, 6) is -0.0507. The molecule has 4 heteroatoms. The Balaban J connectivity index is 3.45. The quantitative estimate of drug-likeness (QED) is 0.0578. The first-order chi connectivity index (χ1) is 20.7. The van der Waals surface area contributed by atoms with Gasteiger partial charge in [0.1, 0.15) is 6.61 Å². The molecule has 0 aromatic rings. The van der Waals surface area contributed by atoms with Gasteiger partial charge in [-0.15, -0.1) is 0 Å². The van der Waals surface area contributed by atoms with Gasteiger partial charge in [0.15, 0.2) is 0 Å². The van der Waals surface area contributed by atoms with Crippen molar-refractivity contribution in [3.63, 3.8) is 0 Å².